The Morgan fingerprint density at radius 3 is 1.80 bits per heavy atom. The Morgan fingerprint density at radius 2 is 1.80 bits per heavy atom. The maximum Gasteiger partial charge on any atom is -0.0247 e. The van der Waals surface area contributed by atoms with Crippen molar-refractivity contribution in [2.45, 2.75) is 13.8 Å². The van der Waals surface area contributed by atoms with E-state index in [2.05, 4.69) is 40.5 Å². The summed E-state index contributed by atoms with van der Waals surface area (Å²) in [6.45, 7) is 4.15. The predicted octanol–water partition coefficient (Wildman–Crippen LogP) is 2.35. The van der Waals surface area contributed by atoms with Crippen LogP contribution in [0.1, 0.15) is 13.8 Å². The molecule has 0 N–H and O–H groups in total. The van der Waals surface area contributed by atoms with Crippen LogP contribution >= 0.6 is 22.6 Å². The van der Waals surface area contributed by atoms with E-state index >= 15 is 0 Å². The molecule has 1 heteroatoms. The first-order valence-electron chi connectivity index (χ1n) is 1.51. The molecule has 0 fully saturated rings. The zero-order chi connectivity index (χ0) is 4.28. The van der Waals surface area contributed by atoms with Gasteiger partial charge in [0.15, 0.2) is 0 Å². The van der Waals surface area contributed by atoms with E-state index in [1.165, 1.54) is 5.57 Å². The highest BCUT2D eigenvalue weighted by Gasteiger charge is 1.62. The van der Waals surface area contributed by atoms with Gasteiger partial charge < -0.3 is 0 Å². The third-order valence-electron chi connectivity index (χ3n) is 0.218. The van der Waals surface area contributed by atoms with Gasteiger partial charge in [0.25, 0.3) is 0 Å². The van der Waals surface area contributed by atoms with Crippen molar-refractivity contribution in [1.82, 2.24) is 0 Å². The minimum Gasteiger partial charge on any atom is -0.0704 e. The Balaban J connectivity index is 3.14. The molecular formula is C4H7I. The van der Waals surface area contributed by atoms with Crippen molar-refractivity contribution < 1.29 is 0 Å². The van der Waals surface area contributed by atoms with E-state index in [9.17, 15) is 0 Å². The van der Waals surface area contributed by atoms with Crippen LogP contribution in [0.2, 0.25) is 0 Å². The molecule has 0 amide bonds. The minimum atomic E-state index is 1.37. The topological polar surface area (TPSA) is 0 Å². The lowest BCUT2D eigenvalue weighted by Gasteiger charge is -1.72. The van der Waals surface area contributed by atoms with Gasteiger partial charge in [-0.1, -0.05) is 28.2 Å². The Hall–Kier alpha value is 0.470. The van der Waals surface area contributed by atoms with E-state index < -0.39 is 0 Å². The quantitative estimate of drug-likeness (QED) is 0.504. The van der Waals surface area contributed by atoms with Gasteiger partial charge in [-0.2, -0.15) is 0 Å². The second kappa shape index (κ2) is 2.69. The Morgan fingerprint density at radius 1 is 1.60 bits per heavy atom. The van der Waals surface area contributed by atoms with Crippen LogP contribution in [0, 0.1) is 0 Å². The average molecular weight is 182 g/mol. The summed E-state index contributed by atoms with van der Waals surface area (Å²) < 4.78 is 2.05. The van der Waals surface area contributed by atoms with Gasteiger partial charge in [0.05, 0.1) is 0 Å². The van der Waals surface area contributed by atoms with Crippen LogP contribution in [0.4, 0.5) is 0 Å². The SMILES string of the molecule is CC(C)=CI. The van der Waals surface area contributed by atoms with Gasteiger partial charge in [-0.3, -0.25) is 0 Å². The van der Waals surface area contributed by atoms with Gasteiger partial charge in [0.1, 0.15) is 0 Å². The highest BCUT2D eigenvalue weighted by atomic mass is 127. The van der Waals surface area contributed by atoms with Crippen LogP contribution in [0.3, 0.4) is 0 Å². The molecule has 0 atom stereocenters. The summed E-state index contributed by atoms with van der Waals surface area (Å²) >= 11 is 2.22. The summed E-state index contributed by atoms with van der Waals surface area (Å²) in [5.41, 5.74) is 1.37. The van der Waals surface area contributed by atoms with Crippen LogP contribution in [0.15, 0.2) is 9.66 Å². The average Bonchev–Trinajstić information content (AvgIpc) is 1.38. The molecule has 0 aromatic heterocycles. The molecular weight excluding hydrogens is 175 g/mol. The zero-order valence-electron chi connectivity index (χ0n) is 3.46. The fourth-order valence-electron chi connectivity index (χ4n) is 0. The fourth-order valence-corrected chi connectivity index (χ4v) is 0. The lowest BCUT2D eigenvalue weighted by molar-refractivity contribution is 1.42. The standard InChI is InChI=1S/C4H7I/c1-4(2)3-5/h3H,1-2H3. The summed E-state index contributed by atoms with van der Waals surface area (Å²) in [4.78, 5) is 0. The van der Waals surface area contributed by atoms with Crippen molar-refractivity contribution in [1.29, 1.82) is 0 Å². The molecule has 0 aliphatic carbocycles. The summed E-state index contributed by atoms with van der Waals surface area (Å²) in [5, 5.41) is 0. The summed E-state index contributed by atoms with van der Waals surface area (Å²) in [6.07, 6.45) is 0. The van der Waals surface area contributed by atoms with Gasteiger partial charge in [-0.25, -0.2) is 0 Å². The van der Waals surface area contributed by atoms with Crippen molar-refractivity contribution in [3.8, 4) is 0 Å². The van der Waals surface area contributed by atoms with E-state index in [0.717, 1.165) is 0 Å². The van der Waals surface area contributed by atoms with Crippen LogP contribution in [-0.2, 0) is 0 Å². The van der Waals surface area contributed by atoms with Crippen molar-refractivity contribution in [3.05, 3.63) is 9.66 Å². The van der Waals surface area contributed by atoms with Gasteiger partial charge >= 0.3 is 0 Å². The Labute approximate surface area is 46.4 Å². The van der Waals surface area contributed by atoms with Crippen molar-refractivity contribution >= 4 is 22.6 Å². The fraction of sp³-hybridized carbons (Fsp3) is 0.500. The van der Waals surface area contributed by atoms with E-state index in [-0.39, 0.29) is 0 Å². The van der Waals surface area contributed by atoms with Gasteiger partial charge in [0.2, 0.25) is 0 Å². The van der Waals surface area contributed by atoms with Crippen LogP contribution in [0.25, 0.3) is 0 Å². The van der Waals surface area contributed by atoms with Crippen LogP contribution < -0.4 is 0 Å². The third kappa shape index (κ3) is 4.47. The van der Waals surface area contributed by atoms with Crippen LogP contribution in [0.5, 0.6) is 0 Å². The third-order valence-corrected chi connectivity index (χ3v) is 1.46. The van der Waals surface area contributed by atoms with E-state index in [0.29, 0.717) is 0 Å². The number of hydrogen-bond donors (Lipinski definition) is 0. The first-order chi connectivity index (χ1) is 2.27. The number of rotatable bonds is 0. The maximum absolute atomic E-state index is 2.22. The summed E-state index contributed by atoms with van der Waals surface area (Å²) in [5.74, 6) is 0. The number of allylic oxidation sites excluding steroid dienone is 1. The Bertz CT molecular complexity index is 41.6. The van der Waals surface area contributed by atoms with Gasteiger partial charge in [-0.15, -0.1) is 0 Å². The smallest absolute Gasteiger partial charge is 0.0247 e. The molecule has 0 aromatic rings. The molecule has 0 saturated carbocycles. The lowest BCUT2D eigenvalue weighted by atomic mass is 10.4. The maximum atomic E-state index is 2.22. The molecule has 0 aliphatic heterocycles. The van der Waals surface area contributed by atoms with Gasteiger partial charge in [-0.05, 0) is 17.9 Å². The molecule has 0 aromatic carbocycles. The van der Waals surface area contributed by atoms with Crippen molar-refractivity contribution in [3.63, 3.8) is 0 Å². The second-order valence-electron chi connectivity index (χ2n) is 1.19. The molecule has 0 bridgehead atoms. The predicted molar refractivity (Wildman–Crippen MR) is 33.5 cm³/mol. The zero-order valence-corrected chi connectivity index (χ0v) is 5.61. The Kier molecular flexibility index (Phi) is 2.95. The molecule has 0 saturated heterocycles. The van der Waals surface area contributed by atoms with Crippen molar-refractivity contribution in [2.75, 3.05) is 0 Å². The molecule has 0 rings (SSSR count). The molecule has 0 aliphatic rings. The van der Waals surface area contributed by atoms with Crippen LogP contribution in [-0.4, -0.2) is 0 Å². The summed E-state index contributed by atoms with van der Waals surface area (Å²) in [6, 6.07) is 0. The highest BCUT2D eigenvalue weighted by molar-refractivity contribution is 14.1. The van der Waals surface area contributed by atoms with Crippen molar-refractivity contribution in [2.24, 2.45) is 0 Å². The first kappa shape index (κ1) is 5.47. The summed E-state index contributed by atoms with van der Waals surface area (Å²) in [7, 11) is 0. The molecule has 0 nitrogen and oxygen atoms in total. The van der Waals surface area contributed by atoms with E-state index in [1.807, 2.05) is 0 Å². The van der Waals surface area contributed by atoms with E-state index in [4.69, 9.17) is 0 Å². The number of hydrogen-bond acceptors (Lipinski definition) is 0. The molecule has 0 spiro atoms. The molecule has 5 heavy (non-hydrogen) atoms. The molecule has 0 radical (unpaired) electrons. The second-order valence-corrected chi connectivity index (χ2v) is 1.81. The number of halogens is 1. The van der Waals surface area contributed by atoms with Gasteiger partial charge in [0, 0.05) is 0 Å². The lowest BCUT2D eigenvalue weighted by Crippen LogP contribution is -1.48. The highest BCUT2D eigenvalue weighted by Crippen LogP contribution is 1.92. The molecule has 0 unspecified atom stereocenters. The monoisotopic (exact) mass is 182 g/mol. The molecule has 0 heterocycles. The minimum absolute atomic E-state index is 1.37. The normalized spacial score (nSPS) is 7.00. The largest absolute Gasteiger partial charge is 0.0704 e. The van der Waals surface area contributed by atoms with E-state index in [1.54, 1.807) is 0 Å². The molecule has 30 valence electrons. The first-order valence-corrected chi connectivity index (χ1v) is 2.75.